The van der Waals surface area contributed by atoms with Crippen molar-refractivity contribution < 1.29 is 29.0 Å². The molecule has 0 heterocycles. The summed E-state index contributed by atoms with van der Waals surface area (Å²) in [7, 11) is -6.09. The quantitative estimate of drug-likeness (QED) is 0.358. The van der Waals surface area contributed by atoms with E-state index in [2.05, 4.69) is 0 Å². The smallest absolute Gasteiger partial charge is 0.741 e. The van der Waals surface area contributed by atoms with Gasteiger partial charge in [-0.15, -0.1) is 0 Å². The molecule has 0 aliphatic carbocycles. The van der Waals surface area contributed by atoms with Crippen molar-refractivity contribution >= 4 is 34.0 Å². The molecule has 9 heavy (non-hydrogen) atoms. The molecule has 0 unspecified atom stereocenters. The summed E-state index contributed by atoms with van der Waals surface area (Å²) in [5, 5.41) is 0. The second-order valence-corrected chi connectivity index (χ2v) is 2.27. The van der Waals surface area contributed by atoms with Crippen molar-refractivity contribution in [2.45, 2.75) is 5.51 Å². The van der Waals surface area contributed by atoms with E-state index in [9.17, 15) is 13.2 Å². The van der Waals surface area contributed by atoms with Crippen LogP contribution in [0.25, 0.3) is 0 Å². The van der Waals surface area contributed by atoms with Gasteiger partial charge in [0.15, 0.2) is 10.1 Å². The molecule has 0 amide bonds. The monoisotopic (exact) mass is 273 g/mol. The molecule has 0 rings (SSSR count). The molecule has 2 radical (unpaired) electrons. The second-order valence-electron chi connectivity index (χ2n) is 0.900. The molecular weight excluding hydrogens is 268 g/mol. The van der Waals surface area contributed by atoms with Crippen LogP contribution in [0.15, 0.2) is 0 Å². The van der Waals surface area contributed by atoms with Crippen molar-refractivity contribution in [2.75, 3.05) is 0 Å². The topological polar surface area (TPSA) is 57.2 Å². The summed E-state index contributed by atoms with van der Waals surface area (Å²) in [5.41, 5.74) is -5.65. The molecule has 0 aromatic rings. The summed E-state index contributed by atoms with van der Waals surface area (Å²) >= 11 is 0. The molecule has 3 nitrogen and oxygen atoms in total. The van der Waals surface area contributed by atoms with Crippen molar-refractivity contribution in [2.24, 2.45) is 0 Å². The van der Waals surface area contributed by atoms with E-state index >= 15 is 0 Å². The molecule has 0 aromatic heterocycles. The Kier molecular flexibility index (Phi) is 4.15. The van der Waals surface area contributed by atoms with E-state index in [0.29, 0.717) is 0 Å². The molecule has 56 valence electrons. The minimum Gasteiger partial charge on any atom is -0.741 e. The van der Waals surface area contributed by atoms with Gasteiger partial charge < -0.3 is 4.55 Å². The first-order valence-corrected chi connectivity index (χ1v) is 2.68. The van der Waals surface area contributed by atoms with E-state index < -0.39 is 15.6 Å². The van der Waals surface area contributed by atoms with Gasteiger partial charge in [-0.2, -0.15) is 13.2 Å². The largest absolute Gasteiger partial charge is 2.00 e. The molecule has 0 bridgehead atoms. The predicted molar refractivity (Wildman–Crippen MR) is 25.7 cm³/mol. The Morgan fingerprint density at radius 1 is 1.33 bits per heavy atom. The standard InChI is InChI=1S/CHF3O3S.Sn.2H2/c2-1(3,4)8(5,6)7;;;/h(H,5,6,7);;2*1H/q;+2;;/p-1. The first kappa shape index (κ1) is 12.2. The number of halogens is 3. The SMILES string of the molecule is O=S(=O)([O-])C(F)(F)F.[HH].[HH].[Sn+2]. The van der Waals surface area contributed by atoms with Crippen molar-refractivity contribution in [3.05, 3.63) is 0 Å². The maximum atomic E-state index is 10.7. The number of alkyl halides is 3. The van der Waals surface area contributed by atoms with Crippen LogP contribution in [0.2, 0.25) is 0 Å². The van der Waals surface area contributed by atoms with Gasteiger partial charge in [-0.25, -0.2) is 8.42 Å². The Balaban J connectivity index is -0.0000000817. The van der Waals surface area contributed by atoms with Crippen LogP contribution >= 0.6 is 0 Å². The van der Waals surface area contributed by atoms with Crippen molar-refractivity contribution in [3.63, 3.8) is 0 Å². The Bertz CT molecular complexity index is 176. The first-order valence-electron chi connectivity index (χ1n) is 1.27. The second kappa shape index (κ2) is 3.06. The van der Waals surface area contributed by atoms with E-state index in [0.717, 1.165) is 0 Å². The van der Waals surface area contributed by atoms with Gasteiger partial charge in [0.2, 0.25) is 0 Å². The summed E-state index contributed by atoms with van der Waals surface area (Å²) < 4.78 is 58.9. The van der Waals surface area contributed by atoms with Crippen LogP contribution in [0, 0.1) is 0 Å². The molecule has 0 aromatic carbocycles. The van der Waals surface area contributed by atoms with Crippen LogP contribution in [0.5, 0.6) is 0 Å². The minimum absolute atomic E-state index is 0. The van der Waals surface area contributed by atoms with Gasteiger partial charge >= 0.3 is 29.4 Å². The van der Waals surface area contributed by atoms with Crippen molar-refractivity contribution in [1.29, 1.82) is 0 Å². The maximum Gasteiger partial charge on any atom is 2.00 e. The van der Waals surface area contributed by atoms with Gasteiger partial charge in [-0.05, 0) is 0 Å². The summed E-state index contributed by atoms with van der Waals surface area (Å²) in [4.78, 5) is 0. The van der Waals surface area contributed by atoms with E-state index in [1.165, 1.54) is 0 Å². The average molecular weight is 272 g/mol. The Hall–Kier alpha value is 0.499. The fourth-order valence-corrected chi connectivity index (χ4v) is 0. The van der Waals surface area contributed by atoms with Gasteiger partial charge in [0.25, 0.3) is 0 Å². The Morgan fingerprint density at radius 3 is 1.44 bits per heavy atom. The Labute approximate surface area is 68.9 Å². The predicted octanol–water partition coefficient (Wildman–Crippen LogP) is 0.163. The van der Waals surface area contributed by atoms with E-state index in [4.69, 9.17) is 13.0 Å². The molecule has 0 saturated carbocycles. The molecule has 8 heteroatoms. The minimum atomic E-state index is -6.09. The molecule has 0 spiro atoms. The van der Waals surface area contributed by atoms with Gasteiger partial charge in [-0.3, -0.25) is 0 Å². The zero-order valence-electron chi connectivity index (χ0n) is 3.77. The summed E-state index contributed by atoms with van der Waals surface area (Å²) in [6, 6.07) is 0. The van der Waals surface area contributed by atoms with E-state index in [1.807, 2.05) is 0 Å². The van der Waals surface area contributed by atoms with Crippen LogP contribution in [-0.4, -0.2) is 42.4 Å². The molecule has 0 N–H and O–H groups in total. The fourth-order valence-electron chi connectivity index (χ4n) is 0. The zero-order chi connectivity index (χ0) is 7.00. The van der Waals surface area contributed by atoms with Crippen molar-refractivity contribution in [3.8, 4) is 0 Å². The van der Waals surface area contributed by atoms with Gasteiger partial charge in [0.05, 0.1) is 0 Å². The third-order valence-electron chi connectivity index (χ3n) is 0.283. The van der Waals surface area contributed by atoms with Crippen LogP contribution < -0.4 is 0 Å². The zero-order valence-corrected chi connectivity index (χ0v) is 7.44. The number of rotatable bonds is 0. The number of hydrogen-bond acceptors (Lipinski definition) is 3. The van der Waals surface area contributed by atoms with Crippen molar-refractivity contribution in [1.82, 2.24) is 0 Å². The summed E-state index contributed by atoms with van der Waals surface area (Å²) in [5.74, 6) is 0. The average Bonchev–Trinajstić information content (AvgIpc) is 1.25. The molecule has 0 aliphatic heterocycles. The van der Waals surface area contributed by atoms with Gasteiger partial charge in [0, 0.05) is 2.85 Å². The molecule has 0 saturated heterocycles. The fraction of sp³-hybridized carbons (Fsp3) is 1.00. The Morgan fingerprint density at radius 2 is 1.44 bits per heavy atom. The third kappa shape index (κ3) is 3.98. The summed E-state index contributed by atoms with van der Waals surface area (Å²) in [6.07, 6.45) is 0. The van der Waals surface area contributed by atoms with Gasteiger partial charge in [0.1, 0.15) is 0 Å². The molecular formula is CH4F3O3SSn+. The van der Waals surface area contributed by atoms with E-state index in [-0.39, 0.29) is 26.8 Å². The van der Waals surface area contributed by atoms with Crippen LogP contribution in [-0.2, 0) is 10.1 Å². The molecule has 0 aliphatic rings. The maximum absolute atomic E-state index is 10.7. The molecule has 0 fully saturated rings. The van der Waals surface area contributed by atoms with Crippen LogP contribution in [0.4, 0.5) is 13.2 Å². The summed E-state index contributed by atoms with van der Waals surface area (Å²) in [6.45, 7) is 0. The normalized spacial score (nSPS) is 12.4. The molecule has 0 atom stereocenters. The van der Waals surface area contributed by atoms with Crippen LogP contribution in [0.1, 0.15) is 2.85 Å². The van der Waals surface area contributed by atoms with Gasteiger partial charge in [-0.1, -0.05) is 0 Å². The third-order valence-corrected chi connectivity index (χ3v) is 0.850. The van der Waals surface area contributed by atoms with E-state index in [1.54, 1.807) is 0 Å². The first-order chi connectivity index (χ1) is 3.25. The number of hydrogen-bond donors (Lipinski definition) is 0. The van der Waals surface area contributed by atoms with Crippen LogP contribution in [0.3, 0.4) is 0 Å².